The van der Waals surface area contributed by atoms with Crippen LogP contribution in [0.25, 0.3) is 0 Å². The molecule has 4 rings (SSSR count). The number of nitro benzene ring substituents is 1. The summed E-state index contributed by atoms with van der Waals surface area (Å²) in [6, 6.07) is 24.5. The average molecular weight is 707 g/mol. The summed E-state index contributed by atoms with van der Waals surface area (Å²) < 4.78 is 16.9. The molecule has 1 aliphatic rings. The van der Waals surface area contributed by atoms with Gasteiger partial charge in [-0.1, -0.05) is 60.7 Å². The van der Waals surface area contributed by atoms with Crippen molar-refractivity contribution in [2.24, 2.45) is 0 Å². The molecule has 1 heterocycles. The minimum atomic E-state index is -0.926. The molecule has 3 aromatic rings. The van der Waals surface area contributed by atoms with Crippen molar-refractivity contribution in [1.82, 2.24) is 15.5 Å². The predicted molar refractivity (Wildman–Crippen MR) is 191 cm³/mol. The third kappa shape index (κ3) is 11.8. The van der Waals surface area contributed by atoms with Crippen molar-refractivity contribution in [2.75, 3.05) is 32.5 Å². The number of carbonyl (C=O) groups excluding carboxylic acids is 3. The number of carbonyl (C=O) groups is 3. The number of ether oxygens (including phenoxy) is 3. The second-order valence-corrected chi connectivity index (χ2v) is 14.1. The number of rotatable bonds is 14. The van der Waals surface area contributed by atoms with Crippen LogP contribution in [0.5, 0.6) is 0 Å². The molecule has 3 aromatic carbocycles. The van der Waals surface area contributed by atoms with Crippen LogP contribution in [0.4, 0.5) is 15.3 Å². The maximum Gasteiger partial charge on any atom is 0.410 e. The third-order valence-corrected chi connectivity index (χ3v) is 9.16. The fourth-order valence-electron chi connectivity index (χ4n) is 5.71. The highest BCUT2D eigenvalue weighted by atomic mass is 32.2. The standard InChI is InChI=1S/C37H46N4O8S/c1-37(2,3)49-36(44)40-23-29(48-30(24-40)25-50-31-20-18-28(19-21-31)41(45)46)17-11-12-22-38-34(42)33(39-35(43)47-4)32(26-13-7-5-8-14-26)27-15-9-6-10-16-27/h5-10,13-16,18-21,29-30,32-33H,11-12,17,22-25H2,1-4H3,(H,38,42)(H,39,43)/t29?,30-,33-/m0/s1. The smallest absolute Gasteiger partial charge is 0.410 e. The SMILES string of the molecule is COC(=O)N[C@H](C(=O)NCCCCC1CN(C(=O)OC(C)(C)C)C[C@@H](CSc2ccc([N+](=O)[O-])cc2)O1)C(c1ccccc1)c1ccccc1. The van der Waals surface area contributed by atoms with Crippen LogP contribution in [0.15, 0.2) is 89.8 Å². The van der Waals surface area contributed by atoms with Crippen molar-refractivity contribution < 1.29 is 33.5 Å². The summed E-state index contributed by atoms with van der Waals surface area (Å²) in [6.45, 7) is 6.59. The minimum Gasteiger partial charge on any atom is -0.453 e. The molecule has 0 radical (unpaired) electrons. The molecule has 1 fully saturated rings. The Morgan fingerprint density at radius 2 is 1.54 bits per heavy atom. The van der Waals surface area contributed by atoms with Crippen LogP contribution >= 0.6 is 11.8 Å². The van der Waals surface area contributed by atoms with Crippen molar-refractivity contribution in [3.05, 3.63) is 106 Å². The molecule has 268 valence electrons. The first-order chi connectivity index (χ1) is 23.9. The second kappa shape index (κ2) is 18.4. The number of hydrogen-bond donors (Lipinski definition) is 2. The first-order valence-corrected chi connectivity index (χ1v) is 17.6. The highest BCUT2D eigenvalue weighted by molar-refractivity contribution is 7.99. The average Bonchev–Trinajstić information content (AvgIpc) is 3.10. The lowest BCUT2D eigenvalue weighted by Gasteiger charge is -2.38. The monoisotopic (exact) mass is 706 g/mol. The fourth-order valence-corrected chi connectivity index (χ4v) is 6.60. The molecule has 0 spiro atoms. The number of thioether (sulfide) groups is 1. The van der Waals surface area contributed by atoms with E-state index in [4.69, 9.17) is 14.2 Å². The Balaban J connectivity index is 1.36. The molecule has 3 atom stereocenters. The Morgan fingerprint density at radius 3 is 2.10 bits per heavy atom. The van der Waals surface area contributed by atoms with Crippen LogP contribution in [0.1, 0.15) is 57.1 Å². The van der Waals surface area contributed by atoms with Crippen LogP contribution in [-0.2, 0) is 19.0 Å². The number of hydrogen-bond acceptors (Lipinski definition) is 9. The molecular formula is C37H46N4O8S. The Kier molecular flexibility index (Phi) is 14.0. The van der Waals surface area contributed by atoms with Crippen LogP contribution in [-0.4, -0.2) is 84.3 Å². The number of benzene rings is 3. The minimum absolute atomic E-state index is 0.0260. The summed E-state index contributed by atoms with van der Waals surface area (Å²) in [5.41, 5.74) is 1.13. The summed E-state index contributed by atoms with van der Waals surface area (Å²) in [4.78, 5) is 52.2. The first-order valence-electron chi connectivity index (χ1n) is 16.7. The third-order valence-electron chi connectivity index (χ3n) is 8.01. The molecule has 1 unspecified atom stereocenters. The van der Waals surface area contributed by atoms with Crippen LogP contribution in [0.3, 0.4) is 0 Å². The molecule has 0 aromatic heterocycles. The van der Waals surface area contributed by atoms with E-state index in [1.54, 1.807) is 17.0 Å². The van der Waals surface area contributed by atoms with E-state index in [2.05, 4.69) is 10.6 Å². The molecular weight excluding hydrogens is 660 g/mol. The lowest BCUT2D eigenvalue weighted by atomic mass is 9.84. The van der Waals surface area contributed by atoms with Gasteiger partial charge < -0.3 is 29.7 Å². The number of alkyl carbamates (subject to hydrolysis) is 1. The van der Waals surface area contributed by atoms with E-state index in [0.717, 1.165) is 16.0 Å². The van der Waals surface area contributed by atoms with Gasteiger partial charge in [0.05, 0.1) is 37.3 Å². The Hall–Kier alpha value is -4.62. The molecule has 12 nitrogen and oxygen atoms in total. The van der Waals surface area contributed by atoms with Gasteiger partial charge in [0.15, 0.2) is 0 Å². The number of unbranched alkanes of at least 4 members (excludes halogenated alkanes) is 1. The Morgan fingerprint density at radius 1 is 0.940 bits per heavy atom. The zero-order valence-electron chi connectivity index (χ0n) is 28.9. The highest BCUT2D eigenvalue weighted by Gasteiger charge is 2.34. The van der Waals surface area contributed by atoms with E-state index in [1.807, 2.05) is 81.4 Å². The van der Waals surface area contributed by atoms with Gasteiger partial charge in [0.2, 0.25) is 5.91 Å². The van der Waals surface area contributed by atoms with Gasteiger partial charge in [0.25, 0.3) is 5.69 Å². The quantitative estimate of drug-likeness (QED) is 0.0825. The van der Waals surface area contributed by atoms with Crippen LogP contribution < -0.4 is 10.6 Å². The largest absolute Gasteiger partial charge is 0.453 e. The molecule has 2 N–H and O–H groups in total. The van der Waals surface area contributed by atoms with Crippen LogP contribution in [0.2, 0.25) is 0 Å². The fraction of sp³-hybridized carbons (Fsp3) is 0.432. The summed E-state index contributed by atoms with van der Waals surface area (Å²) in [5, 5.41) is 16.8. The van der Waals surface area contributed by atoms with E-state index in [0.29, 0.717) is 44.6 Å². The molecule has 0 bridgehead atoms. The van der Waals surface area contributed by atoms with Crippen molar-refractivity contribution in [2.45, 2.75) is 74.7 Å². The van der Waals surface area contributed by atoms with Crippen LogP contribution in [0, 0.1) is 10.1 Å². The number of nitrogens with one attached hydrogen (secondary N) is 2. The number of nitrogens with zero attached hydrogens (tertiary/aromatic N) is 2. The molecule has 3 amide bonds. The van der Waals surface area contributed by atoms with Crippen molar-refractivity contribution in [1.29, 1.82) is 0 Å². The molecule has 1 saturated heterocycles. The van der Waals surface area contributed by atoms with Crippen molar-refractivity contribution >= 4 is 35.5 Å². The number of amides is 3. The van der Waals surface area contributed by atoms with Gasteiger partial charge in [-0.3, -0.25) is 14.9 Å². The number of methoxy groups -OCH3 is 1. The zero-order valence-corrected chi connectivity index (χ0v) is 29.7. The lowest BCUT2D eigenvalue weighted by Crippen LogP contribution is -2.52. The molecule has 50 heavy (non-hydrogen) atoms. The normalized spacial score (nSPS) is 16.7. The second-order valence-electron chi connectivity index (χ2n) is 13.0. The van der Waals surface area contributed by atoms with Gasteiger partial charge in [-0.2, -0.15) is 0 Å². The maximum atomic E-state index is 13.7. The topological polar surface area (TPSA) is 149 Å². The lowest BCUT2D eigenvalue weighted by molar-refractivity contribution is -0.384. The molecule has 1 aliphatic heterocycles. The number of nitro groups is 1. The van der Waals surface area contributed by atoms with E-state index in [9.17, 15) is 24.5 Å². The summed E-state index contributed by atoms with van der Waals surface area (Å²) >= 11 is 1.51. The predicted octanol–water partition coefficient (Wildman–Crippen LogP) is 6.53. The van der Waals surface area contributed by atoms with Gasteiger partial charge in [-0.15, -0.1) is 11.8 Å². The number of non-ortho nitro benzene ring substituents is 1. The van der Waals surface area contributed by atoms with Gasteiger partial charge in [0, 0.05) is 35.2 Å². The van der Waals surface area contributed by atoms with E-state index < -0.39 is 34.7 Å². The zero-order chi connectivity index (χ0) is 36.1. The highest BCUT2D eigenvalue weighted by Crippen LogP contribution is 2.29. The summed E-state index contributed by atoms with van der Waals surface area (Å²) in [7, 11) is 1.26. The first kappa shape index (κ1) is 38.2. The molecule has 0 saturated carbocycles. The number of morpholine rings is 1. The summed E-state index contributed by atoms with van der Waals surface area (Å²) in [6.07, 6.45) is 0.376. The summed E-state index contributed by atoms with van der Waals surface area (Å²) in [5.74, 6) is -0.240. The van der Waals surface area contributed by atoms with E-state index in [1.165, 1.54) is 31.0 Å². The van der Waals surface area contributed by atoms with Gasteiger partial charge >= 0.3 is 12.2 Å². The van der Waals surface area contributed by atoms with Gasteiger partial charge in [-0.25, -0.2) is 9.59 Å². The molecule has 0 aliphatic carbocycles. The van der Waals surface area contributed by atoms with Crippen molar-refractivity contribution in [3.8, 4) is 0 Å². The van der Waals surface area contributed by atoms with Gasteiger partial charge in [-0.05, 0) is 63.3 Å². The maximum absolute atomic E-state index is 13.7. The molecule has 13 heteroatoms. The van der Waals surface area contributed by atoms with E-state index >= 15 is 0 Å². The Labute approximate surface area is 297 Å². The van der Waals surface area contributed by atoms with E-state index in [-0.39, 0.29) is 23.8 Å². The van der Waals surface area contributed by atoms with Gasteiger partial charge in [0.1, 0.15) is 11.6 Å². The van der Waals surface area contributed by atoms with Crippen molar-refractivity contribution in [3.63, 3.8) is 0 Å². The Bertz CT molecular complexity index is 1510.